The third-order valence-corrected chi connectivity index (χ3v) is 5.85. The van der Waals surface area contributed by atoms with Crippen molar-refractivity contribution < 1.29 is 8.42 Å². The highest BCUT2D eigenvalue weighted by molar-refractivity contribution is 7.92. The van der Waals surface area contributed by atoms with Crippen LogP contribution in [0, 0.1) is 6.92 Å². The van der Waals surface area contributed by atoms with Crippen LogP contribution in [-0.4, -0.2) is 18.4 Å². The van der Waals surface area contributed by atoms with Crippen molar-refractivity contribution in [2.75, 3.05) is 0 Å². The molecule has 1 N–H and O–H groups in total. The number of aromatic amines is 1. The molecule has 0 aliphatic rings. The minimum absolute atomic E-state index is 0.0763. The molecule has 0 amide bonds. The Morgan fingerprint density at radius 3 is 2.60 bits per heavy atom. The van der Waals surface area contributed by atoms with Gasteiger partial charge in [-0.05, 0) is 19.1 Å². The second-order valence-electron chi connectivity index (χ2n) is 4.33. The molecule has 0 aliphatic carbocycles. The topological polar surface area (TPSA) is 79.9 Å². The first kappa shape index (κ1) is 13.0. The summed E-state index contributed by atoms with van der Waals surface area (Å²) in [5.41, 5.74) is 0.873. The van der Waals surface area contributed by atoms with Crippen molar-refractivity contribution >= 4 is 31.4 Å². The summed E-state index contributed by atoms with van der Waals surface area (Å²) >= 11 is 1.08. The lowest BCUT2D eigenvalue weighted by Crippen LogP contribution is -2.06. The van der Waals surface area contributed by atoms with Gasteiger partial charge in [-0.15, -0.1) is 11.3 Å². The Labute approximate surface area is 118 Å². The molecule has 5 nitrogen and oxygen atoms in total. The normalized spacial score (nSPS) is 11.8. The van der Waals surface area contributed by atoms with Gasteiger partial charge in [0, 0.05) is 5.38 Å². The molecule has 0 saturated heterocycles. The van der Waals surface area contributed by atoms with E-state index in [0.29, 0.717) is 4.70 Å². The zero-order valence-electron chi connectivity index (χ0n) is 10.5. The predicted molar refractivity (Wildman–Crippen MR) is 76.9 cm³/mol. The second-order valence-corrected chi connectivity index (χ2v) is 7.12. The van der Waals surface area contributed by atoms with E-state index in [1.165, 1.54) is 11.7 Å². The lowest BCUT2D eigenvalue weighted by molar-refractivity contribution is 0.597. The van der Waals surface area contributed by atoms with Crippen LogP contribution >= 0.6 is 11.3 Å². The van der Waals surface area contributed by atoms with Gasteiger partial charge in [-0.1, -0.05) is 17.7 Å². The molecule has 0 atom stereocenters. The number of fused-ring (bicyclic) bond motifs is 1. The summed E-state index contributed by atoms with van der Waals surface area (Å²) in [7, 11) is -3.66. The van der Waals surface area contributed by atoms with Gasteiger partial charge in [0.2, 0.25) is 9.84 Å². The van der Waals surface area contributed by atoms with Gasteiger partial charge in [-0.3, -0.25) is 4.79 Å². The summed E-state index contributed by atoms with van der Waals surface area (Å²) in [5, 5.41) is 1.46. The quantitative estimate of drug-likeness (QED) is 0.786. The molecule has 7 heteroatoms. The Hall–Kier alpha value is -1.99. The van der Waals surface area contributed by atoms with Crippen LogP contribution in [0.2, 0.25) is 0 Å². The lowest BCUT2D eigenvalue weighted by atomic mass is 10.2. The minimum Gasteiger partial charge on any atom is -0.312 e. The highest BCUT2D eigenvalue weighted by Gasteiger charge is 2.23. The van der Waals surface area contributed by atoms with Gasteiger partial charge in [0.05, 0.1) is 11.2 Å². The van der Waals surface area contributed by atoms with Crippen molar-refractivity contribution in [1.82, 2.24) is 9.97 Å². The first-order valence-corrected chi connectivity index (χ1v) is 8.13. The third kappa shape index (κ3) is 1.95. The molecule has 3 aromatic rings. The average molecular weight is 306 g/mol. The Kier molecular flexibility index (Phi) is 2.95. The molecule has 1 aromatic carbocycles. The molecule has 0 aliphatic heterocycles. The Bertz CT molecular complexity index is 938. The Balaban J connectivity index is 2.27. The van der Waals surface area contributed by atoms with E-state index >= 15 is 0 Å². The summed E-state index contributed by atoms with van der Waals surface area (Å²) in [5.74, 6) is 0. The molecule has 102 valence electrons. The molecule has 20 heavy (non-hydrogen) atoms. The first-order chi connectivity index (χ1) is 9.50. The SMILES string of the molecule is Cc1ccc(S(=O)(=O)c2csc3c(=O)[nH]cnc23)cc1. The van der Waals surface area contributed by atoms with Gasteiger partial charge in [0.1, 0.15) is 15.1 Å². The van der Waals surface area contributed by atoms with Crippen LogP contribution in [0.4, 0.5) is 0 Å². The van der Waals surface area contributed by atoms with Gasteiger partial charge < -0.3 is 4.98 Å². The average Bonchev–Trinajstić information content (AvgIpc) is 2.85. The first-order valence-electron chi connectivity index (χ1n) is 5.77. The number of hydrogen-bond donors (Lipinski definition) is 1. The maximum atomic E-state index is 12.6. The number of H-pyrrole nitrogens is 1. The Morgan fingerprint density at radius 1 is 1.20 bits per heavy atom. The van der Waals surface area contributed by atoms with Crippen LogP contribution in [0.3, 0.4) is 0 Å². The zero-order valence-corrected chi connectivity index (χ0v) is 12.1. The maximum Gasteiger partial charge on any atom is 0.268 e. The van der Waals surface area contributed by atoms with E-state index < -0.39 is 9.84 Å². The van der Waals surface area contributed by atoms with Crippen LogP contribution in [0.1, 0.15) is 5.56 Å². The number of rotatable bonds is 2. The van der Waals surface area contributed by atoms with E-state index in [-0.39, 0.29) is 20.9 Å². The van der Waals surface area contributed by atoms with Gasteiger partial charge in [-0.2, -0.15) is 0 Å². The van der Waals surface area contributed by atoms with Crippen molar-refractivity contribution in [1.29, 1.82) is 0 Å². The summed E-state index contributed by atoms with van der Waals surface area (Å²) in [6, 6.07) is 6.59. The van der Waals surface area contributed by atoms with Gasteiger partial charge >= 0.3 is 0 Å². The lowest BCUT2D eigenvalue weighted by Gasteiger charge is -2.03. The molecule has 0 fully saturated rings. The number of aromatic nitrogens is 2. The van der Waals surface area contributed by atoms with E-state index in [2.05, 4.69) is 9.97 Å². The molecule has 3 rings (SSSR count). The van der Waals surface area contributed by atoms with Crippen LogP contribution < -0.4 is 5.56 Å². The van der Waals surface area contributed by atoms with Gasteiger partial charge in [0.25, 0.3) is 5.56 Å². The number of sulfone groups is 1. The zero-order chi connectivity index (χ0) is 14.3. The molecule has 0 bridgehead atoms. The molecular weight excluding hydrogens is 296 g/mol. The fourth-order valence-electron chi connectivity index (χ4n) is 1.88. The van der Waals surface area contributed by atoms with E-state index in [0.717, 1.165) is 16.9 Å². The van der Waals surface area contributed by atoms with E-state index in [9.17, 15) is 13.2 Å². The van der Waals surface area contributed by atoms with Crippen molar-refractivity contribution in [3.8, 4) is 0 Å². The number of nitrogens with one attached hydrogen (secondary N) is 1. The molecule has 2 aromatic heterocycles. The van der Waals surface area contributed by atoms with Gasteiger partial charge in [-0.25, -0.2) is 13.4 Å². The van der Waals surface area contributed by atoms with Crippen LogP contribution in [0.5, 0.6) is 0 Å². The number of aryl methyl sites for hydroxylation is 1. The molecule has 0 spiro atoms. The smallest absolute Gasteiger partial charge is 0.268 e. The largest absolute Gasteiger partial charge is 0.312 e. The molecule has 0 radical (unpaired) electrons. The van der Waals surface area contributed by atoms with Crippen molar-refractivity contribution in [3.63, 3.8) is 0 Å². The monoisotopic (exact) mass is 306 g/mol. The molecule has 0 saturated carbocycles. The number of nitrogens with zero attached hydrogens (tertiary/aromatic N) is 1. The van der Waals surface area contributed by atoms with Crippen molar-refractivity contribution in [3.05, 3.63) is 51.9 Å². The molecular formula is C13H10N2O3S2. The third-order valence-electron chi connectivity index (χ3n) is 2.95. The standard InChI is InChI=1S/C13H10N2O3S2/c1-8-2-4-9(5-3-8)20(17,18)10-6-19-12-11(10)14-7-15-13(12)16/h2-7H,1H3,(H,14,15,16). The molecule has 0 unspecified atom stereocenters. The number of thiophene rings is 1. The summed E-state index contributed by atoms with van der Waals surface area (Å²) in [6.45, 7) is 1.89. The predicted octanol–water partition coefficient (Wildman–Crippen LogP) is 2.13. The Morgan fingerprint density at radius 2 is 1.90 bits per heavy atom. The second kappa shape index (κ2) is 4.53. The van der Waals surface area contributed by atoms with Crippen LogP contribution in [0.25, 0.3) is 10.2 Å². The van der Waals surface area contributed by atoms with E-state index in [1.807, 2.05) is 6.92 Å². The summed E-state index contributed by atoms with van der Waals surface area (Å²) in [6.07, 6.45) is 1.21. The number of benzene rings is 1. The number of hydrogen-bond acceptors (Lipinski definition) is 5. The summed E-state index contributed by atoms with van der Waals surface area (Å²) < 4.78 is 25.5. The fourth-order valence-corrected chi connectivity index (χ4v) is 4.53. The highest BCUT2D eigenvalue weighted by atomic mass is 32.2. The van der Waals surface area contributed by atoms with Crippen LogP contribution in [0.15, 0.2) is 50.6 Å². The highest BCUT2D eigenvalue weighted by Crippen LogP contribution is 2.29. The van der Waals surface area contributed by atoms with Gasteiger partial charge in [0.15, 0.2) is 0 Å². The van der Waals surface area contributed by atoms with Crippen molar-refractivity contribution in [2.24, 2.45) is 0 Å². The van der Waals surface area contributed by atoms with E-state index in [1.54, 1.807) is 24.3 Å². The van der Waals surface area contributed by atoms with Crippen LogP contribution in [-0.2, 0) is 9.84 Å². The van der Waals surface area contributed by atoms with Crippen molar-refractivity contribution in [2.45, 2.75) is 16.7 Å². The molecule has 2 heterocycles. The summed E-state index contributed by atoms with van der Waals surface area (Å²) in [4.78, 5) is 18.3. The van der Waals surface area contributed by atoms with E-state index in [4.69, 9.17) is 0 Å². The maximum absolute atomic E-state index is 12.6. The minimum atomic E-state index is -3.66. The fraction of sp³-hybridized carbons (Fsp3) is 0.0769.